The van der Waals surface area contributed by atoms with E-state index >= 15 is 0 Å². The van der Waals surface area contributed by atoms with Crippen LogP contribution in [0.5, 0.6) is 0 Å². The molecule has 1 heterocycles. The fourth-order valence-corrected chi connectivity index (χ4v) is 2.11. The summed E-state index contributed by atoms with van der Waals surface area (Å²) in [5.74, 6) is 0.586. The molecule has 0 saturated heterocycles. The molecule has 1 aromatic heterocycles. The standard InChI is InChI=1S/C14H22ClNO/c1-3-5-6-11(4-2)9-14(17)13-8-7-12(15)10-16-13/h7-8,10-11,14,17H,3-6,9H2,1-2H3. The lowest BCUT2D eigenvalue weighted by atomic mass is 9.92. The summed E-state index contributed by atoms with van der Waals surface area (Å²) in [5, 5.41) is 10.7. The lowest BCUT2D eigenvalue weighted by molar-refractivity contribution is 0.135. The Bertz CT molecular complexity index is 313. The van der Waals surface area contributed by atoms with Gasteiger partial charge in [-0.2, -0.15) is 0 Å². The highest BCUT2D eigenvalue weighted by atomic mass is 35.5. The molecule has 1 rings (SSSR count). The van der Waals surface area contributed by atoms with Gasteiger partial charge in [0.25, 0.3) is 0 Å². The summed E-state index contributed by atoms with van der Waals surface area (Å²) in [5.41, 5.74) is 0.726. The normalized spacial score (nSPS) is 14.6. The van der Waals surface area contributed by atoms with Crippen LogP contribution in [0.25, 0.3) is 0 Å². The molecule has 0 fully saturated rings. The molecule has 0 radical (unpaired) electrons. The summed E-state index contributed by atoms with van der Waals surface area (Å²) in [6.45, 7) is 4.38. The van der Waals surface area contributed by atoms with Crippen molar-refractivity contribution in [2.45, 2.75) is 52.1 Å². The smallest absolute Gasteiger partial charge is 0.0962 e. The van der Waals surface area contributed by atoms with Crippen molar-refractivity contribution >= 4 is 11.6 Å². The first kappa shape index (κ1) is 14.5. The van der Waals surface area contributed by atoms with Gasteiger partial charge in [0.2, 0.25) is 0 Å². The van der Waals surface area contributed by atoms with Gasteiger partial charge < -0.3 is 5.11 Å². The van der Waals surface area contributed by atoms with E-state index in [4.69, 9.17) is 11.6 Å². The van der Waals surface area contributed by atoms with Crippen molar-refractivity contribution in [3.05, 3.63) is 29.0 Å². The van der Waals surface area contributed by atoms with Crippen LogP contribution in [0.2, 0.25) is 5.02 Å². The number of halogens is 1. The second kappa shape index (κ2) is 7.67. The topological polar surface area (TPSA) is 33.1 Å². The molecule has 96 valence electrons. The largest absolute Gasteiger partial charge is 0.387 e. The highest BCUT2D eigenvalue weighted by Crippen LogP contribution is 2.25. The number of aliphatic hydroxyl groups excluding tert-OH is 1. The van der Waals surface area contributed by atoms with Gasteiger partial charge in [0, 0.05) is 6.20 Å². The van der Waals surface area contributed by atoms with Crippen LogP contribution in [0.3, 0.4) is 0 Å². The van der Waals surface area contributed by atoms with E-state index in [1.54, 1.807) is 18.3 Å². The number of hydrogen-bond acceptors (Lipinski definition) is 2. The molecule has 0 aliphatic rings. The minimum atomic E-state index is -0.464. The Kier molecular flexibility index (Phi) is 6.53. The maximum absolute atomic E-state index is 10.1. The van der Waals surface area contributed by atoms with E-state index in [-0.39, 0.29) is 0 Å². The second-order valence-electron chi connectivity index (χ2n) is 4.57. The van der Waals surface area contributed by atoms with Gasteiger partial charge in [-0.1, -0.05) is 51.1 Å². The number of aliphatic hydroxyl groups is 1. The molecular formula is C14H22ClNO. The number of nitrogens with zero attached hydrogens (tertiary/aromatic N) is 1. The third-order valence-electron chi connectivity index (χ3n) is 3.19. The van der Waals surface area contributed by atoms with Gasteiger partial charge in [0.1, 0.15) is 0 Å². The zero-order valence-corrected chi connectivity index (χ0v) is 11.5. The first-order valence-corrected chi connectivity index (χ1v) is 6.84. The molecular weight excluding hydrogens is 234 g/mol. The van der Waals surface area contributed by atoms with Crippen molar-refractivity contribution in [3.63, 3.8) is 0 Å². The van der Waals surface area contributed by atoms with Crippen LogP contribution in [0.1, 0.15) is 57.7 Å². The predicted molar refractivity (Wildman–Crippen MR) is 72.1 cm³/mol. The van der Waals surface area contributed by atoms with E-state index in [2.05, 4.69) is 18.8 Å². The highest BCUT2D eigenvalue weighted by molar-refractivity contribution is 6.30. The van der Waals surface area contributed by atoms with Crippen LogP contribution in [0.4, 0.5) is 0 Å². The summed E-state index contributed by atoms with van der Waals surface area (Å²) in [4.78, 5) is 4.16. The van der Waals surface area contributed by atoms with Gasteiger partial charge in [0.05, 0.1) is 16.8 Å². The molecule has 1 N–H and O–H groups in total. The average molecular weight is 256 g/mol. The van der Waals surface area contributed by atoms with Crippen molar-refractivity contribution in [3.8, 4) is 0 Å². The second-order valence-corrected chi connectivity index (χ2v) is 5.01. The van der Waals surface area contributed by atoms with Crippen molar-refractivity contribution in [1.29, 1.82) is 0 Å². The molecule has 0 saturated carbocycles. The summed E-state index contributed by atoms with van der Waals surface area (Å²) in [6.07, 6.45) is 6.68. The van der Waals surface area contributed by atoms with Crippen LogP contribution in [-0.2, 0) is 0 Å². The van der Waals surface area contributed by atoms with Crippen molar-refractivity contribution < 1.29 is 5.11 Å². The third kappa shape index (κ3) is 5.05. The minimum Gasteiger partial charge on any atom is -0.387 e. The lowest BCUT2D eigenvalue weighted by Crippen LogP contribution is -2.08. The Morgan fingerprint density at radius 3 is 2.65 bits per heavy atom. The molecule has 0 amide bonds. The fraction of sp³-hybridized carbons (Fsp3) is 0.643. The SMILES string of the molecule is CCCCC(CC)CC(O)c1ccc(Cl)cn1. The van der Waals surface area contributed by atoms with Crippen LogP contribution in [-0.4, -0.2) is 10.1 Å². The Labute approximate surface area is 109 Å². The number of aromatic nitrogens is 1. The Balaban J connectivity index is 2.51. The van der Waals surface area contributed by atoms with Gasteiger partial charge >= 0.3 is 0 Å². The van der Waals surface area contributed by atoms with E-state index < -0.39 is 6.10 Å². The first-order valence-electron chi connectivity index (χ1n) is 6.46. The van der Waals surface area contributed by atoms with E-state index in [9.17, 15) is 5.11 Å². The van der Waals surface area contributed by atoms with Crippen molar-refractivity contribution in [1.82, 2.24) is 4.98 Å². The molecule has 1 aromatic rings. The molecule has 0 spiro atoms. The van der Waals surface area contributed by atoms with Crippen LogP contribution >= 0.6 is 11.6 Å². The molecule has 0 aromatic carbocycles. The summed E-state index contributed by atoms with van der Waals surface area (Å²) in [7, 11) is 0. The third-order valence-corrected chi connectivity index (χ3v) is 3.42. The molecule has 2 unspecified atom stereocenters. The lowest BCUT2D eigenvalue weighted by Gasteiger charge is -2.18. The van der Waals surface area contributed by atoms with Crippen LogP contribution in [0.15, 0.2) is 18.3 Å². The van der Waals surface area contributed by atoms with Crippen LogP contribution in [0, 0.1) is 5.92 Å². The molecule has 3 heteroatoms. The summed E-state index contributed by atoms with van der Waals surface area (Å²) >= 11 is 5.77. The van der Waals surface area contributed by atoms with E-state index in [0.29, 0.717) is 10.9 Å². The van der Waals surface area contributed by atoms with E-state index in [1.165, 1.54) is 19.3 Å². The molecule has 2 nitrogen and oxygen atoms in total. The quantitative estimate of drug-likeness (QED) is 0.785. The zero-order chi connectivity index (χ0) is 12.7. The molecule has 0 bridgehead atoms. The van der Waals surface area contributed by atoms with Gasteiger partial charge in [0.15, 0.2) is 0 Å². The molecule has 17 heavy (non-hydrogen) atoms. The van der Waals surface area contributed by atoms with Crippen LogP contribution < -0.4 is 0 Å². The monoisotopic (exact) mass is 255 g/mol. The first-order chi connectivity index (χ1) is 8.17. The van der Waals surface area contributed by atoms with Gasteiger partial charge in [-0.3, -0.25) is 4.98 Å². The minimum absolute atomic E-state index is 0.464. The zero-order valence-electron chi connectivity index (χ0n) is 10.7. The Morgan fingerprint density at radius 1 is 1.35 bits per heavy atom. The number of hydrogen-bond donors (Lipinski definition) is 1. The number of rotatable bonds is 7. The summed E-state index contributed by atoms with van der Waals surface area (Å²) < 4.78 is 0. The maximum atomic E-state index is 10.1. The highest BCUT2D eigenvalue weighted by Gasteiger charge is 2.15. The molecule has 0 aliphatic carbocycles. The Hall–Kier alpha value is -0.600. The fourth-order valence-electron chi connectivity index (χ4n) is 2.00. The predicted octanol–water partition coefficient (Wildman–Crippen LogP) is 4.37. The Morgan fingerprint density at radius 2 is 2.12 bits per heavy atom. The van der Waals surface area contributed by atoms with Gasteiger partial charge in [-0.05, 0) is 24.5 Å². The van der Waals surface area contributed by atoms with Gasteiger partial charge in [-0.15, -0.1) is 0 Å². The maximum Gasteiger partial charge on any atom is 0.0962 e. The van der Waals surface area contributed by atoms with E-state index in [1.807, 2.05) is 0 Å². The molecule has 2 atom stereocenters. The van der Waals surface area contributed by atoms with Crippen molar-refractivity contribution in [2.24, 2.45) is 5.92 Å². The van der Waals surface area contributed by atoms with Gasteiger partial charge in [-0.25, -0.2) is 0 Å². The number of unbranched alkanes of at least 4 members (excludes halogenated alkanes) is 1. The van der Waals surface area contributed by atoms with Crippen molar-refractivity contribution in [2.75, 3.05) is 0 Å². The van der Waals surface area contributed by atoms with E-state index in [0.717, 1.165) is 18.5 Å². The number of pyridine rings is 1. The summed E-state index contributed by atoms with van der Waals surface area (Å²) in [6, 6.07) is 3.58. The average Bonchev–Trinajstić information content (AvgIpc) is 2.35. The molecule has 0 aliphatic heterocycles.